The summed E-state index contributed by atoms with van der Waals surface area (Å²) in [6.07, 6.45) is 11.1. The second-order valence-corrected chi connectivity index (χ2v) is 8.44. The van der Waals surface area contributed by atoms with Gasteiger partial charge in [0, 0.05) is 5.41 Å². The van der Waals surface area contributed by atoms with E-state index in [9.17, 15) is 0 Å². The second kappa shape index (κ2) is 6.70. The van der Waals surface area contributed by atoms with Gasteiger partial charge in [0.2, 0.25) is 0 Å². The van der Waals surface area contributed by atoms with Crippen molar-refractivity contribution in [3.63, 3.8) is 0 Å². The van der Waals surface area contributed by atoms with Crippen molar-refractivity contribution in [2.75, 3.05) is 13.7 Å². The minimum atomic E-state index is 0.277. The van der Waals surface area contributed by atoms with E-state index in [0.29, 0.717) is 0 Å². The molecule has 0 aromatic heterocycles. The molecular weight excluding hydrogens is 308 g/mol. The minimum Gasteiger partial charge on any atom is -0.498 e. The molecule has 0 unspecified atom stereocenters. The van der Waals surface area contributed by atoms with Gasteiger partial charge in [-0.1, -0.05) is 26.3 Å². The van der Waals surface area contributed by atoms with Gasteiger partial charge in [-0.3, -0.25) is 0 Å². The first kappa shape index (κ1) is 17.0. The number of hydrogen-bond acceptors (Lipinski definition) is 2. The van der Waals surface area contributed by atoms with Crippen LogP contribution in [-0.2, 0) is 11.2 Å². The lowest BCUT2D eigenvalue weighted by Gasteiger charge is -2.49. The number of benzene rings is 1. The molecule has 1 fully saturated rings. The molecule has 1 aromatic rings. The summed E-state index contributed by atoms with van der Waals surface area (Å²) in [5.41, 5.74) is 3.40. The maximum Gasteiger partial charge on any atom is 0.119 e. The Balaban J connectivity index is 1.54. The van der Waals surface area contributed by atoms with Crippen molar-refractivity contribution >= 4 is 0 Å². The molecule has 0 heterocycles. The molecule has 2 heteroatoms. The Kier molecular flexibility index (Phi) is 4.56. The van der Waals surface area contributed by atoms with E-state index in [4.69, 9.17) is 9.47 Å². The highest BCUT2D eigenvalue weighted by molar-refractivity contribution is 5.41. The largest absolute Gasteiger partial charge is 0.498 e. The molecule has 0 bridgehead atoms. The van der Waals surface area contributed by atoms with Gasteiger partial charge in [-0.15, -0.1) is 0 Å². The second-order valence-electron chi connectivity index (χ2n) is 8.44. The number of unbranched alkanes of at least 4 members (excludes halogenated alkanes) is 1. The molecule has 0 aliphatic heterocycles. The highest BCUT2D eigenvalue weighted by atomic mass is 16.5. The zero-order valence-electron chi connectivity index (χ0n) is 16.0. The van der Waals surface area contributed by atoms with E-state index in [1.165, 1.54) is 56.3 Å². The topological polar surface area (TPSA) is 18.5 Å². The predicted octanol–water partition coefficient (Wildman–Crippen LogP) is 5.86. The maximum atomic E-state index is 6.24. The number of allylic oxidation sites excluding steroid dienone is 2. The van der Waals surface area contributed by atoms with Gasteiger partial charge >= 0.3 is 0 Å². The van der Waals surface area contributed by atoms with Crippen molar-refractivity contribution in [1.82, 2.24) is 0 Å². The summed E-state index contributed by atoms with van der Waals surface area (Å²) in [5.74, 6) is 4.62. The lowest BCUT2D eigenvalue weighted by Crippen LogP contribution is -2.41. The number of hydrogen-bond donors (Lipinski definition) is 0. The summed E-state index contributed by atoms with van der Waals surface area (Å²) in [4.78, 5) is 0. The zero-order valence-corrected chi connectivity index (χ0v) is 16.0. The third-order valence-electron chi connectivity index (χ3n) is 7.20. The maximum absolute atomic E-state index is 6.24. The van der Waals surface area contributed by atoms with Gasteiger partial charge < -0.3 is 9.47 Å². The number of aryl methyl sites for hydroxylation is 1. The van der Waals surface area contributed by atoms with Gasteiger partial charge in [0.1, 0.15) is 5.75 Å². The SMILES string of the molecule is CCCCOC1=CC[C@H]2[C@@H]3CCc4cc(OC)ccc4[C@H]3CC[C@]12C. The lowest BCUT2D eigenvalue weighted by atomic mass is 9.55. The molecule has 3 aliphatic carbocycles. The average molecular weight is 341 g/mol. The van der Waals surface area contributed by atoms with Crippen LogP contribution in [0, 0.1) is 17.3 Å². The van der Waals surface area contributed by atoms with Crippen LogP contribution in [0.1, 0.15) is 69.4 Å². The van der Waals surface area contributed by atoms with Crippen LogP contribution in [0.5, 0.6) is 5.75 Å². The molecule has 4 atom stereocenters. The Morgan fingerprint density at radius 1 is 1.24 bits per heavy atom. The van der Waals surface area contributed by atoms with E-state index >= 15 is 0 Å². The van der Waals surface area contributed by atoms with Crippen LogP contribution < -0.4 is 4.74 Å². The van der Waals surface area contributed by atoms with Crippen LogP contribution in [-0.4, -0.2) is 13.7 Å². The fourth-order valence-corrected chi connectivity index (χ4v) is 5.76. The number of rotatable bonds is 5. The molecule has 25 heavy (non-hydrogen) atoms. The van der Waals surface area contributed by atoms with Crippen LogP contribution in [0.4, 0.5) is 0 Å². The van der Waals surface area contributed by atoms with Gasteiger partial charge in [-0.25, -0.2) is 0 Å². The molecule has 1 saturated carbocycles. The first-order chi connectivity index (χ1) is 12.2. The molecule has 0 amide bonds. The van der Waals surface area contributed by atoms with E-state index < -0.39 is 0 Å². The molecule has 0 saturated heterocycles. The third-order valence-corrected chi connectivity index (χ3v) is 7.20. The number of methoxy groups -OCH3 is 1. The van der Waals surface area contributed by atoms with Gasteiger partial charge in [-0.05, 0) is 85.6 Å². The van der Waals surface area contributed by atoms with Crippen molar-refractivity contribution in [1.29, 1.82) is 0 Å². The van der Waals surface area contributed by atoms with E-state index in [1.54, 1.807) is 12.7 Å². The van der Waals surface area contributed by atoms with Crippen LogP contribution in [0.15, 0.2) is 30.0 Å². The normalized spacial score (nSPS) is 33.1. The van der Waals surface area contributed by atoms with Gasteiger partial charge in [-0.2, -0.15) is 0 Å². The van der Waals surface area contributed by atoms with Crippen molar-refractivity contribution in [2.24, 2.45) is 17.3 Å². The standard InChI is InChI=1S/C23H32O2/c1-4-5-14-25-22-11-10-21-20-8-6-16-15-17(24-3)7-9-18(16)19(20)12-13-23(21,22)2/h7,9,11,15,19-21H,4-6,8,10,12-14H2,1-3H3/t19-,20-,21+,23+/m1/s1. The van der Waals surface area contributed by atoms with Crippen molar-refractivity contribution in [3.8, 4) is 5.75 Å². The summed E-state index contributed by atoms with van der Waals surface area (Å²) in [6.45, 7) is 5.60. The first-order valence-electron chi connectivity index (χ1n) is 10.2. The fourth-order valence-electron chi connectivity index (χ4n) is 5.76. The molecule has 2 nitrogen and oxygen atoms in total. The minimum absolute atomic E-state index is 0.277. The molecular formula is C23H32O2. The lowest BCUT2D eigenvalue weighted by molar-refractivity contribution is 0.0266. The smallest absolute Gasteiger partial charge is 0.119 e. The van der Waals surface area contributed by atoms with Crippen molar-refractivity contribution in [3.05, 3.63) is 41.2 Å². The number of fused-ring (bicyclic) bond motifs is 5. The van der Waals surface area contributed by atoms with Gasteiger partial charge in [0.25, 0.3) is 0 Å². The predicted molar refractivity (Wildman–Crippen MR) is 102 cm³/mol. The Labute approximate surface area is 152 Å². The van der Waals surface area contributed by atoms with E-state index in [1.807, 2.05) is 0 Å². The van der Waals surface area contributed by atoms with E-state index in [-0.39, 0.29) is 5.41 Å². The molecule has 4 rings (SSSR count). The summed E-state index contributed by atoms with van der Waals surface area (Å²) in [7, 11) is 1.77. The Bertz CT molecular complexity index is 662. The summed E-state index contributed by atoms with van der Waals surface area (Å²) >= 11 is 0. The van der Waals surface area contributed by atoms with Gasteiger partial charge in [0.05, 0.1) is 19.5 Å². The quantitative estimate of drug-likeness (QED) is 0.625. The zero-order chi connectivity index (χ0) is 17.4. The Hall–Kier alpha value is -1.44. The van der Waals surface area contributed by atoms with Crippen LogP contribution in [0.2, 0.25) is 0 Å². The van der Waals surface area contributed by atoms with Crippen molar-refractivity contribution < 1.29 is 9.47 Å². The van der Waals surface area contributed by atoms with Crippen molar-refractivity contribution in [2.45, 2.75) is 64.7 Å². The van der Waals surface area contributed by atoms with Crippen LogP contribution in [0.3, 0.4) is 0 Å². The molecule has 0 radical (unpaired) electrons. The third kappa shape index (κ3) is 2.78. The highest BCUT2D eigenvalue weighted by Gasteiger charge is 2.52. The fraction of sp³-hybridized carbons (Fsp3) is 0.652. The summed E-state index contributed by atoms with van der Waals surface area (Å²) in [5, 5.41) is 0. The molecule has 3 aliphatic rings. The van der Waals surface area contributed by atoms with Gasteiger partial charge in [0.15, 0.2) is 0 Å². The summed E-state index contributed by atoms with van der Waals surface area (Å²) < 4.78 is 11.7. The molecule has 0 N–H and O–H groups in total. The molecule has 136 valence electrons. The monoisotopic (exact) mass is 340 g/mol. The van der Waals surface area contributed by atoms with E-state index in [0.717, 1.165) is 30.1 Å². The first-order valence-corrected chi connectivity index (χ1v) is 10.2. The Morgan fingerprint density at radius 2 is 2.12 bits per heavy atom. The Morgan fingerprint density at radius 3 is 2.92 bits per heavy atom. The molecule has 1 aromatic carbocycles. The van der Waals surface area contributed by atoms with Crippen LogP contribution >= 0.6 is 0 Å². The summed E-state index contributed by atoms with van der Waals surface area (Å²) in [6, 6.07) is 6.77. The van der Waals surface area contributed by atoms with Crippen LogP contribution in [0.25, 0.3) is 0 Å². The number of ether oxygens (including phenoxy) is 2. The molecule has 0 spiro atoms. The average Bonchev–Trinajstić information content (AvgIpc) is 2.98. The van der Waals surface area contributed by atoms with E-state index in [2.05, 4.69) is 38.1 Å². The highest BCUT2D eigenvalue weighted by Crippen LogP contribution is 2.61.